The Hall–Kier alpha value is -1.82. The molecule has 1 saturated heterocycles. The van der Waals surface area contributed by atoms with Crippen molar-refractivity contribution < 1.29 is 18.7 Å². The number of rotatable bonds is 10. The van der Waals surface area contributed by atoms with Gasteiger partial charge in [0.05, 0.1) is 25.5 Å². The van der Waals surface area contributed by atoms with Crippen molar-refractivity contribution in [3.63, 3.8) is 0 Å². The van der Waals surface area contributed by atoms with E-state index in [4.69, 9.17) is 9.15 Å². The maximum Gasteiger partial charge on any atom is 0.242 e. The van der Waals surface area contributed by atoms with Crippen LogP contribution in [0.15, 0.2) is 22.8 Å². The van der Waals surface area contributed by atoms with Gasteiger partial charge in [-0.15, -0.1) is 0 Å². The van der Waals surface area contributed by atoms with Crippen molar-refractivity contribution >= 4 is 11.8 Å². The van der Waals surface area contributed by atoms with E-state index in [2.05, 4.69) is 6.92 Å². The van der Waals surface area contributed by atoms with Gasteiger partial charge in [0.25, 0.3) is 0 Å². The fourth-order valence-corrected chi connectivity index (χ4v) is 3.35. The zero-order chi connectivity index (χ0) is 18.4. The van der Waals surface area contributed by atoms with E-state index in [0.29, 0.717) is 19.6 Å². The molecule has 1 aromatic rings. The summed E-state index contributed by atoms with van der Waals surface area (Å²) in [5, 5.41) is 0. The SMILES string of the molecule is CCCCN(CC(=O)N(Cc1ccco1)CC1CCCO1)C(=O)C1CC1. The zero-order valence-electron chi connectivity index (χ0n) is 15.7. The Bertz CT molecular complexity index is 577. The molecule has 2 fully saturated rings. The molecule has 3 rings (SSSR count). The maximum atomic E-state index is 13.0. The number of amides is 2. The maximum absolute atomic E-state index is 13.0. The first kappa shape index (κ1) is 19.0. The van der Waals surface area contributed by atoms with Crippen LogP contribution < -0.4 is 0 Å². The van der Waals surface area contributed by atoms with E-state index in [9.17, 15) is 9.59 Å². The molecule has 1 saturated carbocycles. The quantitative estimate of drug-likeness (QED) is 0.642. The van der Waals surface area contributed by atoms with Crippen molar-refractivity contribution in [1.29, 1.82) is 0 Å². The highest BCUT2D eigenvalue weighted by atomic mass is 16.5. The molecule has 144 valence electrons. The van der Waals surface area contributed by atoms with Gasteiger partial charge in [0.1, 0.15) is 5.76 Å². The van der Waals surface area contributed by atoms with E-state index in [1.807, 2.05) is 12.1 Å². The molecule has 1 aromatic heterocycles. The molecule has 0 spiro atoms. The molecule has 1 aliphatic heterocycles. The number of carbonyl (C=O) groups excluding carboxylic acids is 2. The predicted molar refractivity (Wildman–Crippen MR) is 97.3 cm³/mol. The summed E-state index contributed by atoms with van der Waals surface area (Å²) in [4.78, 5) is 29.1. The molecule has 6 nitrogen and oxygen atoms in total. The topological polar surface area (TPSA) is 63.0 Å². The van der Waals surface area contributed by atoms with E-state index in [1.54, 1.807) is 16.1 Å². The lowest BCUT2D eigenvalue weighted by molar-refractivity contribution is -0.142. The lowest BCUT2D eigenvalue weighted by Gasteiger charge is -2.29. The van der Waals surface area contributed by atoms with Crippen molar-refractivity contribution in [1.82, 2.24) is 9.80 Å². The van der Waals surface area contributed by atoms with Crippen LogP contribution in [-0.2, 0) is 20.9 Å². The van der Waals surface area contributed by atoms with Crippen LogP contribution >= 0.6 is 0 Å². The second kappa shape index (κ2) is 9.21. The summed E-state index contributed by atoms with van der Waals surface area (Å²) in [6, 6.07) is 3.70. The molecular formula is C20H30N2O4. The third kappa shape index (κ3) is 5.34. The Balaban J connectivity index is 1.64. The highest BCUT2D eigenvalue weighted by Gasteiger charge is 2.34. The third-order valence-electron chi connectivity index (χ3n) is 5.07. The van der Waals surface area contributed by atoms with Crippen LogP contribution in [0, 0.1) is 5.92 Å². The number of hydrogen-bond acceptors (Lipinski definition) is 4. The van der Waals surface area contributed by atoms with Crippen LogP contribution in [0.2, 0.25) is 0 Å². The summed E-state index contributed by atoms with van der Waals surface area (Å²) in [7, 11) is 0. The first-order chi connectivity index (χ1) is 12.7. The smallest absolute Gasteiger partial charge is 0.242 e. The number of hydrogen-bond donors (Lipinski definition) is 0. The summed E-state index contributed by atoms with van der Waals surface area (Å²) >= 11 is 0. The van der Waals surface area contributed by atoms with Crippen LogP contribution in [0.25, 0.3) is 0 Å². The molecule has 2 amide bonds. The Morgan fingerprint density at radius 3 is 2.69 bits per heavy atom. The highest BCUT2D eigenvalue weighted by molar-refractivity contribution is 5.87. The molecule has 6 heteroatoms. The van der Waals surface area contributed by atoms with E-state index < -0.39 is 0 Å². The molecule has 1 aliphatic carbocycles. The molecule has 0 aromatic carbocycles. The predicted octanol–water partition coefficient (Wildman–Crippen LogP) is 2.83. The van der Waals surface area contributed by atoms with Crippen molar-refractivity contribution in [2.75, 3.05) is 26.2 Å². The Kier molecular flexibility index (Phi) is 6.72. The lowest BCUT2D eigenvalue weighted by Crippen LogP contribution is -2.45. The first-order valence-corrected chi connectivity index (χ1v) is 9.88. The van der Waals surface area contributed by atoms with E-state index in [0.717, 1.165) is 50.9 Å². The van der Waals surface area contributed by atoms with Crippen LogP contribution in [0.5, 0.6) is 0 Å². The Morgan fingerprint density at radius 1 is 1.23 bits per heavy atom. The van der Waals surface area contributed by atoms with Crippen molar-refractivity contribution in [3.05, 3.63) is 24.2 Å². The van der Waals surface area contributed by atoms with Crippen molar-refractivity contribution in [2.24, 2.45) is 5.92 Å². The zero-order valence-corrected chi connectivity index (χ0v) is 15.7. The fraction of sp³-hybridized carbons (Fsp3) is 0.700. The Labute approximate surface area is 155 Å². The molecule has 2 heterocycles. The summed E-state index contributed by atoms with van der Waals surface area (Å²) in [6.45, 7) is 4.65. The summed E-state index contributed by atoms with van der Waals surface area (Å²) < 4.78 is 11.1. The minimum absolute atomic E-state index is 0.0259. The van der Waals surface area contributed by atoms with Gasteiger partial charge >= 0.3 is 0 Å². The molecule has 0 bridgehead atoms. The molecule has 0 N–H and O–H groups in total. The third-order valence-corrected chi connectivity index (χ3v) is 5.07. The number of ether oxygens (including phenoxy) is 1. The standard InChI is InChI=1S/C20H30N2O4/c1-2-3-10-21(20(24)16-8-9-16)15-19(23)22(13-17-6-4-11-25-17)14-18-7-5-12-26-18/h4,6,11,16,18H,2-3,5,7-10,12-15H2,1H3. The summed E-state index contributed by atoms with van der Waals surface area (Å²) in [5.74, 6) is 1.00. The highest BCUT2D eigenvalue weighted by Crippen LogP contribution is 2.31. The van der Waals surface area contributed by atoms with Crippen molar-refractivity contribution in [2.45, 2.75) is 58.1 Å². The summed E-state index contributed by atoms with van der Waals surface area (Å²) in [5.41, 5.74) is 0. The molecule has 26 heavy (non-hydrogen) atoms. The van der Waals surface area contributed by atoms with Crippen LogP contribution in [-0.4, -0.2) is 54.0 Å². The number of nitrogens with zero attached hydrogens (tertiary/aromatic N) is 2. The fourth-order valence-electron chi connectivity index (χ4n) is 3.35. The molecule has 1 unspecified atom stereocenters. The number of furan rings is 1. The van der Waals surface area contributed by atoms with Crippen LogP contribution in [0.3, 0.4) is 0 Å². The van der Waals surface area contributed by atoms with Gasteiger partial charge in [-0.25, -0.2) is 0 Å². The van der Waals surface area contributed by atoms with Gasteiger partial charge in [0.2, 0.25) is 11.8 Å². The first-order valence-electron chi connectivity index (χ1n) is 9.88. The van der Waals surface area contributed by atoms with Gasteiger partial charge in [-0.1, -0.05) is 13.3 Å². The minimum atomic E-state index is -0.0259. The van der Waals surface area contributed by atoms with Crippen LogP contribution in [0.1, 0.15) is 51.2 Å². The molecule has 2 aliphatic rings. The largest absolute Gasteiger partial charge is 0.467 e. The molecule has 1 atom stereocenters. The lowest BCUT2D eigenvalue weighted by atomic mass is 10.2. The average molecular weight is 362 g/mol. The van der Waals surface area contributed by atoms with Gasteiger partial charge in [0, 0.05) is 25.6 Å². The second-order valence-corrected chi connectivity index (χ2v) is 7.38. The minimum Gasteiger partial charge on any atom is -0.467 e. The summed E-state index contributed by atoms with van der Waals surface area (Å²) in [6.07, 6.45) is 7.57. The van der Waals surface area contributed by atoms with Crippen LogP contribution in [0.4, 0.5) is 0 Å². The van der Waals surface area contributed by atoms with Gasteiger partial charge < -0.3 is 19.0 Å². The monoisotopic (exact) mass is 362 g/mol. The van der Waals surface area contributed by atoms with E-state index >= 15 is 0 Å². The number of carbonyl (C=O) groups is 2. The van der Waals surface area contributed by atoms with Gasteiger partial charge in [-0.05, 0) is 44.2 Å². The van der Waals surface area contributed by atoms with Gasteiger partial charge in [-0.3, -0.25) is 9.59 Å². The molecular weight excluding hydrogens is 332 g/mol. The average Bonchev–Trinajstić information content (AvgIpc) is 3.12. The number of unbranched alkanes of at least 4 members (excludes halogenated alkanes) is 1. The van der Waals surface area contributed by atoms with Gasteiger partial charge in [0.15, 0.2) is 0 Å². The second-order valence-electron chi connectivity index (χ2n) is 7.38. The molecule has 0 radical (unpaired) electrons. The van der Waals surface area contributed by atoms with E-state index in [1.165, 1.54) is 0 Å². The van der Waals surface area contributed by atoms with Gasteiger partial charge in [-0.2, -0.15) is 0 Å². The Morgan fingerprint density at radius 2 is 2.08 bits per heavy atom. The normalized spacial score (nSPS) is 19.5. The van der Waals surface area contributed by atoms with Crippen molar-refractivity contribution in [3.8, 4) is 0 Å². The van der Waals surface area contributed by atoms with E-state index in [-0.39, 0.29) is 30.4 Å².